The van der Waals surface area contributed by atoms with Crippen molar-refractivity contribution in [2.24, 2.45) is 5.73 Å². The van der Waals surface area contributed by atoms with Gasteiger partial charge in [-0.25, -0.2) is 4.98 Å². The molecule has 0 fully saturated rings. The minimum atomic E-state index is 0.548. The molecule has 2 N–H and O–H groups in total. The quantitative estimate of drug-likeness (QED) is 0.826. The average molecular weight is 233 g/mol. The normalized spacial score (nSPS) is 11.4. The summed E-state index contributed by atoms with van der Waals surface area (Å²) in [7, 11) is 0. The maximum atomic E-state index is 6.04. The molecule has 1 heterocycles. The standard InChI is InChI=1S/C13H13ClN2/c14-13-12-7-2-1-6-11(12)10(9-16-13)5-3-4-8-15/h1-3,5-7,9H,4,8,15H2. The summed E-state index contributed by atoms with van der Waals surface area (Å²) in [5.74, 6) is 0. The third-order valence-corrected chi connectivity index (χ3v) is 2.71. The summed E-state index contributed by atoms with van der Waals surface area (Å²) in [5, 5.41) is 2.65. The SMILES string of the molecule is NCCC=Cc1cnc(Cl)c2ccccc12. The molecule has 16 heavy (non-hydrogen) atoms. The van der Waals surface area contributed by atoms with Gasteiger partial charge in [0.25, 0.3) is 0 Å². The van der Waals surface area contributed by atoms with Crippen LogP contribution in [0.1, 0.15) is 12.0 Å². The van der Waals surface area contributed by atoms with Crippen LogP contribution in [-0.2, 0) is 0 Å². The molecule has 2 rings (SSSR count). The summed E-state index contributed by atoms with van der Waals surface area (Å²) in [5.41, 5.74) is 6.52. The van der Waals surface area contributed by atoms with Crippen LogP contribution in [0.15, 0.2) is 36.5 Å². The molecule has 0 bridgehead atoms. The molecule has 0 unspecified atom stereocenters. The lowest BCUT2D eigenvalue weighted by Crippen LogP contribution is -1.95. The Morgan fingerprint density at radius 1 is 1.25 bits per heavy atom. The van der Waals surface area contributed by atoms with Gasteiger partial charge in [-0.2, -0.15) is 0 Å². The topological polar surface area (TPSA) is 38.9 Å². The molecule has 2 aromatic rings. The van der Waals surface area contributed by atoms with E-state index in [0.717, 1.165) is 22.8 Å². The summed E-state index contributed by atoms with van der Waals surface area (Å²) in [6.45, 7) is 0.662. The van der Waals surface area contributed by atoms with E-state index in [4.69, 9.17) is 17.3 Å². The number of halogens is 1. The van der Waals surface area contributed by atoms with Crippen molar-refractivity contribution < 1.29 is 0 Å². The lowest BCUT2D eigenvalue weighted by Gasteiger charge is -2.03. The first-order chi connectivity index (χ1) is 7.83. The molecule has 1 aromatic heterocycles. The van der Waals surface area contributed by atoms with Gasteiger partial charge in [-0.3, -0.25) is 0 Å². The van der Waals surface area contributed by atoms with Crippen LogP contribution in [0.3, 0.4) is 0 Å². The van der Waals surface area contributed by atoms with Gasteiger partial charge in [-0.1, -0.05) is 48.0 Å². The van der Waals surface area contributed by atoms with E-state index in [2.05, 4.69) is 11.1 Å². The average Bonchev–Trinajstić information content (AvgIpc) is 2.33. The predicted octanol–water partition coefficient (Wildman–Crippen LogP) is 3.25. The van der Waals surface area contributed by atoms with Gasteiger partial charge in [-0.15, -0.1) is 0 Å². The second-order valence-corrected chi connectivity index (χ2v) is 3.89. The van der Waals surface area contributed by atoms with Gasteiger partial charge in [-0.05, 0) is 18.4 Å². The lowest BCUT2D eigenvalue weighted by atomic mass is 10.1. The third-order valence-electron chi connectivity index (χ3n) is 2.41. The van der Waals surface area contributed by atoms with E-state index in [0.29, 0.717) is 11.7 Å². The molecule has 1 aromatic carbocycles. The molecule has 0 aliphatic heterocycles. The Kier molecular flexibility index (Phi) is 3.54. The van der Waals surface area contributed by atoms with Crippen LogP contribution in [0.5, 0.6) is 0 Å². The van der Waals surface area contributed by atoms with E-state index in [9.17, 15) is 0 Å². The zero-order valence-corrected chi connectivity index (χ0v) is 9.61. The highest BCUT2D eigenvalue weighted by Crippen LogP contribution is 2.24. The van der Waals surface area contributed by atoms with Gasteiger partial charge in [0, 0.05) is 17.1 Å². The first-order valence-corrected chi connectivity index (χ1v) is 5.60. The predicted molar refractivity (Wildman–Crippen MR) is 69.5 cm³/mol. The van der Waals surface area contributed by atoms with E-state index >= 15 is 0 Å². The Morgan fingerprint density at radius 2 is 2.00 bits per heavy atom. The molecular formula is C13H13ClN2. The fourth-order valence-electron chi connectivity index (χ4n) is 1.62. The molecule has 0 atom stereocenters. The fraction of sp³-hybridized carbons (Fsp3) is 0.154. The maximum Gasteiger partial charge on any atom is 0.136 e. The van der Waals surface area contributed by atoms with E-state index < -0.39 is 0 Å². The molecule has 0 spiro atoms. The monoisotopic (exact) mass is 232 g/mol. The highest BCUT2D eigenvalue weighted by Gasteiger charge is 2.02. The zero-order valence-electron chi connectivity index (χ0n) is 8.86. The number of pyridine rings is 1. The number of benzene rings is 1. The number of fused-ring (bicyclic) bond motifs is 1. The van der Waals surface area contributed by atoms with E-state index in [-0.39, 0.29) is 0 Å². The van der Waals surface area contributed by atoms with Gasteiger partial charge in [0.05, 0.1) is 0 Å². The van der Waals surface area contributed by atoms with Crippen molar-refractivity contribution >= 4 is 28.4 Å². The highest BCUT2D eigenvalue weighted by molar-refractivity contribution is 6.34. The Hall–Kier alpha value is -1.38. The van der Waals surface area contributed by atoms with Gasteiger partial charge < -0.3 is 5.73 Å². The minimum Gasteiger partial charge on any atom is -0.330 e. The molecule has 3 heteroatoms. The maximum absolute atomic E-state index is 6.04. The number of aromatic nitrogens is 1. The fourth-order valence-corrected chi connectivity index (χ4v) is 1.83. The summed E-state index contributed by atoms with van der Waals surface area (Å²) in [4.78, 5) is 4.17. The third kappa shape index (κ3) is 2.23. The number of nitrogens with zero attached hydrogens (tertiary/aromatic N) is 1. The van der Waals surface area contributed by atoms with Crippen molar-refractivity contribution in [3.05, 3.63) is 47.3 Å². The molecular weight excluding hydrogens is 220 g/mol. The van der Waals surface area contributed by atoms with Crippen LogP contribution >= 0.6 is 11.6 Å². The van der Waals surface area contributed by atoms with Crippen molar-refractivity contribution in [3.63, 3.8) is 0 Å². The summed E-state index contributed by atoms with van der Waals surface area (Å²) in [6, 6.07) is 7.98. The van der Waals surface area contributed by atoms with Crippen LogP contribution in [0.4, 0.5) is 0 Å². The Balaban J connectivity index is 2.50. The van der Waals surface area contributed by atoms with Crippen molar-refractivity contribution in [2.75, 3.05) is 6.54 Å². The van der Waals surface area contributed by atoms with E-state index in [1.807, 2.05) is 30.3 Å². The zero-order chi connectivity index (χ0) is 11.4. The second-order valence-electron chi connectivity index (χ2n) is 3.53. The largest absolute Gasteiger partial charge is 0.330 e. The van der Waals surface area contributed by atoms with Crippen molar-refractivity contribution in [3.8, 4) is 0 Å². The Labute approximate surface area is 99.7 Å². The van der Waals surface area contributed by atoms with Crippen LogP contribution in [-0.4, -0.2) is 11.5 Å². The number of rotatable bonds is 3. The Morgan fingerprint density at radius 3 is 2.75 bits per heavy atom. The first kappa shape index (κ1) is 11.1. The lowest BCUT2D eigenvalue weighted by molar-refractivity contribution is 1.01. The van der Waals surface area contributed by atoms with Gasteiger partial charge >= 0.3 is 0 Å². The molecule has 0 saturated heterocycles. The van der Waals surface area contributed by atoms with E-state index in [1.54, 1.807) is 6.20 Å². The molecule has 0 radical (unpaired) electrons. The van der Waals surface area contributed by atoms with Crippen LogP contribution < -0.4 is 5.73 Å². The first-order valence-electron chi connectivity index (χ1n) is 5.23. The van der Waals surface area contributed by atoms with Gasteiger partial charge in [0.15, 0.2) is 0 Å². The van der Waals surface area contributed by atoms with Gasteiger partial charge in [0.1, 0.15) is 5.15 Å². The smallest absolute Gasteiger partial charge is 0.136 e. The molecule has 0 aliphatic carbocycles. The summed E-state index contributed by atoms with van der Waals surface area (Å²) < 4.78 is 0. The molecule has 2 nitrogen and oxygen atoms in total. The number of nitrogens with two attached hydrogens (primary N) is 1. The van der Waals surface area contributed by atoms with Crippen molar-refractivity contribution in [2.45, 2.75) is 6.42 Å². The summed E-state index contributed by atoms with van der Waals surface area (Å²) in [6.07, 6.45) is 6.75. The van der Waals surface area contributed by atoms with Crippen LogP contribution in [0.25, 0.3) is 16.8 Å². The van der Waals surface area contributed by atoms with E-state index in [1.165, 1.54) is 0 Å². The second kappa shape index (κ2) is 5.10. The minimum absolute atomic E-state index is 0.548. The summed E-state index contributed by atoms with van der Waals surface area (Å²) >= 11 is 6.04. The van der Waals surface area contributed by atoms with Gasteiger partial charge in [0.2, 0.25) is 0 Å². The number of hydrogen-bond donors (Lipinski definition) is 1. The van der Waals surface area contributed by atoms with Crippen molar-refractivity contribution in [1.82, 2.24) is 4.98 Å². The highest BCUT2D eigenvalue weighted by atomic mass is 35.5. The Bertz CT molecular complexity index is 520. The number of hydrogen-bond acceptors (Lipinski definition) is 2. The van der Waals surface area contributed by atoms with Crippen LogP contribution in [0, 0.1) is 0 Å². The van der Waals surface area contributed by atoms with Crippen molar-refractivity contribution in [1.29, 1.82) is 0 Å². The van der Waals surface area contributed by atoms with Crippen LogP contribution in [0.2, 0.25) is 5.15 Å². The molecule has 0 saturated carbocycles. The molecule has 82 valence electrons. The molecule has 0 aliphatic rings. The molecule has 0 amide bonds.